The fourth-order valence-corrected chi connectivity index (χ4v) is 2.96. The Hall–Kier alpha value is -1.30. The first-order valence-electron chi connectivity index (χ1n) is 6.30. The van der Waals surface area contributed by atoms with E-state index in [1.165, 1.54) is 0 Å². The minimum Gasteiger partial charge on any atom is -0.367 e. The van der Waals surface area contributed by atoms with Crippen LogP contribution >= 0.6 is 39.1 Å². The molecule has 2 heterocycles. The number of imidazole rings is 1. The van der Waals surface area contributed by atoms with Gasteiger partial charge in [0.2, 0.25) is 0 Å². The number of fused-ring (bicyclic) bond motifs is 1. The molecule has 0 atom stereocenters. The lowest BCUT2D eigenvalue weighted by Crippen LogP contribution is -2.08. The van der Waals surface area contributed by atoms with Crippen LogP contribution in [-0.4, -0.2) is 20.9 Å². The number of halogens is 3. The fourth-order valence-electron chi connectivity index (χ4n) is 2.06. The van der Waals surface area contributed by atoms with Gasteiger partial charge in [0.1, 0.15) is 4.60 Å². The summed E-state index contributed by atoms with van der Waals surface area (Å²) >= 11 is 15.4. The van der Waals surface area contributed by atoms with Crippen LogP contribution in [0.1, 0.15) is 5.56 Å². The first kappa shape index (κ1) is 14.6. The van der Waals surface area contributed by atoms with Gasteiger partial charge in [0, 0.05) is 35.2 Å². The van der Waals surface area contributed by atoms with Crippen LogP contribution in [-0.2, 0) is 6.42 Å². The number of nitrogens with zero attached hydrogens (tertiary/aromatic N) is 3. The highest BCUT2D eigenvalue weighted by atomic mass is 79.9. The predicted octanol–water partition coefficient (Wildman–Crippen LogP) is 4.45. The van der Waals surface area contributed by atoms with Crippen LogP contribution in [0.15, 0.2) is 41.4 Å². The number of anilines is 1. The Kier molecular flexibility index (Phi) is 4.33. The van der Waals surface area contributed by atoms with Crippen molar-refractivity contribution >= 4 is 50.6 Å². The van der Waals surface area contributed by atoms with Crippen molar-refractivity contribution in [2.75, 3.05) is 11.9 Å². The summed E-state index contributed by atoms with van der Waals surface area (Å²) in [6.07, 6.45) is 6.26. The molecule has 108 valence electrons. The van der Waals surface area contributed by atoms with E-state index in [0.717, 1.165) is 28.1 Å². The fraction of sp³-hybridized carbons (Fsp3) is 0.143. The molecule has 0 aliphatic rings. The predicted molar refractivity (Wildman–Crippen MR) is 89.3 cm³/mol. The van der Waals surface area contributed by atoms with Crippen LogP contribution in [0.3, 0.4) is 0 Å². The van der Waals surface area contributed by atoms with Crippen LogP contribution < -0.4 is 5.32 Å². The molecule has 0 radical (unpaired) electrons. The molecule has 0 bridgehead atoms. The van der Waals surface area contributed by atoms with Crippen LogP contribution in [0.25, 0.3) is 5.65 Å². The molecule has 0 unspecified atom stereocenters. The molecule has 0 fully saturated rings. The molecule has 0 saturated heterocycles. The van der Waals surface area contributed by atoms with E-state index in [-0.39, 0.29) is 0 Å². The van der Waals surface area contributed by atoms with Gasteiger partial charge in [0.15, 0.2) is 11.5 Å². The van der Waals surface area contributed by atoms with Gasteiger partial charge in [-0.05, 0) is 40.0 Å². The van der Waals surface area contributed by atoms with E-state index >= 15 is 0 Å². The highest BCUT2D eigenvalue weighted by molar-refractivity contribution is 9.10. The summed E-state index contributed by atoms with van der Waals surface area (Å²) in [5.41, 5.74) is 1.84. The summed E-state index contributed by atoms with van der Waals surface area (Å²) in [5, 5.41) is 4.61. The second kappa shape index (κ2) is 6.22. The average Bonchev–Trinajstić information content (AvgIpc) is 2.89. The molecule has 0 amide bonds. The van der Waals surface area contributed by atoms with Gasteiger partial charge in [-0.3, -0.25) is 0 Å². The van der Waals surface area contributed by atoms with Crippen LogP contribution in [0.4, 0.5) is 5.82 Å². The number of hydrogen-bond donors (Lipinski definition) is 1. The van der Waals surface area contributed by atoms with Crippen molar-refractivity contribution in [1.29, 1.82) is 0 Å². The molecule has 7 heteroatoms. The molecule has 1 N–H and O–H groups in total. The van der Waals surface area contributed by atoms with E-state index in [4.69, 9.17) is 23.2 Å². The zero-order valence-electron chi connectivity index (χ0n) is 10.9. The topological polar surface area (TPSA) is 42.2 Å². The van der Waals surface area contributed by atoms with Crippen molar-refractivity contribution < 1.29 is 0 Å². The number of nitrogens with one attached hydrogen (secondary N) is 1. The summed E-state index contributed by atoms with van der Waals surface area (Å²) in [4.78, 5) is 8.70. The number of rotatable bonds is 4. The van der Waals surface area contributed by atoms with Gasteiger partial charge >= 0.3 is 0 Å². The lowest BCUT2D eigenvalue weighted by atomic mass is 10.1. The maximum Gasteiger partial charge on any atom is 0.180 e. The molecule has 3 rings (SSSR count). The van der Waals surface area contributed by atoms with E-state index < -0.39 is 0 Å². The van der Waals surface area contributed by atoms with Crippen LogP contribution in [0, 0.1) is 0 Å². The van der Waals surface area contributed by atoms with Gasteiger partial charge < -0.3 is 9.72 Å². The second-order valence-corrected chi connectivity index (χ2v) is 6.14. The minimum absolute atomic E-state index is 0.643. The highest BCUT2D eigenvalue weighted by Crippen LogP contribution is 2.22. The summed E-state index contributed by atoms with van der Waals surface area (Å²) in [7, 11) is 0. The third-order valence-corrected chi connectivity index (χ3v) is 4.02. The monoisotopic (exact) mass is 384 g/mol. The Balaban J connectivity index is 1.73. The molecule has 0 spiro atoms. The first-order valence-corrected chi connectivity index (χ1v) is 7.85. The molecular formula is C14H11BrCl2N4. The smallest absolute Gasteiger partial charge is 0.180 e. The standard InChI is InChI=1S/C14H11BrCl2N4/c15-12-8-21-6-5-19-14(21)13(20-12)18-4-3-9-1-2-10(16)7-11(9)17/h1-2,5-8H,3-4H2,(H,18,20). The van der Waals surface area contributed by atoms with E-state index in [0.29, 0.717) is 16.6 Å². The highest BCUT2D eigenvalue weighted by Gasteiger charge is 2.07. The van der Waals surface area contributed by atoms with Crippen molar-refractivity contribution in [3.8, 4) is 0 Å². The molecule has 3 aromatic rings. The largest absolute Gasteiger partial charge is 0.367 e. The van der Waals surface area contributed by atoms with Crippen molar-refractivity contribution in [2.45, 2.75) is 6.42 Å². The number of benzene rings is 1. The molecule has 1 aromatic carbocycles. The lowest BCUT2D eigenvalue weighted by molar-refractivity contribution is 0.993. The van der Waals surface area contributed by atoms with E-state index in [1.807, 2.05) is 28.9 Å². The second-order valence-electron chi connectivity index (χ2n) is 4.48. The number of aromatic nitrogens is 3. The normalized spacial score (nSPS) is 11.0. The molecular weight excluding hydrogens is 375 g/mol. The minimum atomic E-state index is 0.643. The van der Waals surface area contributed by atoms with Gasteiger partial charge in [0.05, 0.1) is 0 Å². The van der Waals surface area contributed by atoms with Crippen LogP contribution in [0.5, 0.6) is 0 Å². The SMILES string of the molecule is Clc1ccc(CCNc2nc(Br)cn3ccnc23)c(Cl)c1. The van der Waals surface area contributed by atoms with Gasteiger partial charge in [-0.2, -0.15) is 0 Å². The third-order valence-electron chi connectivity index (χ3n) is 3.05. The first-order chi connectivity index (χ1) is 10.1. The number of hydrogen-bond acceptors (Lipinski definition) is 3. The Morgan fingerprint density at radius 1 is 1.29 bits per heavy atom. The average molecular weight is 386 g/mol. The van der Waals surface area contributed by atoms with E-state index in [2.05, 4.69) is 31.2 Å². The Morgan fingerprint density at radius 2 is 2.14 bits per heavy atom. The summed E-state index contributed by atoms with van der Waals surface area (Å²) in [6.45, 7) is 0.702. The summed E-state index contributed by atoms with van der Waals surface area (Å²) < 4.78 is 2.66. The third kappa shape index (κ3) is 3.31. The Morgan fingerprint density at radius 3 is 2.95 bits per heavy atom. The Bertz CT molecular complexity index is 788. The summed E-state index contributed by atoms with van der Waals surface area (Å²) in [6, 6.07) is 5.53. The van der Waals surface area contributed by atoms with E-state index in [1.54, 1.807) is 12.3 Å². The molecule has 21 heavy (non-hydrogen) atoms. The van der Waals surface area contributed by atoms with Crippen molar-refractivity contribution in [3.05, 3.63) is 57.0 Å². The molecule has 4 nitrogen and oxygen atoms in total. The molecule has 2 aromatic heterocycles. The zero-order chi connectivity index (χ0) is 14.8. The molecule has 0 aliphatic heterocycles. The summed E-state index contributed by atoms with van der Waals surface area (Å²) in [5.74, 6) is 0.736. The quantitative estimate of drug-likeness (QED) is 0.721. The van der Waals surface area contributed by atoms with E-state index in [9.17, 15) is 0 Å². The maximum atomic E-state index is 6.16. The lowest BCUT2D eigenvalue weighted by Gasteiger charge is -2.09. The molecule has 0 aliphatic carbocycles. The van der Waals surface area contributed by atoms with Gasteiger partial charge in [-0.1, -0.05) is 29.3 Å². The van der Waals surface area contributed by atoms with Crippen molar-refractivity contribution in [2.24, 2.45) is 0 Å². The molecule has 0 saturated carbocycles. The van der Waals surface area contributed by atoms with Gasteiger partial charge in [0.25, 0.3) is 0 Å². The van der Waals surface area contributed by atoms with Gasteiger partial charge in [-0.25, -0.2) is 9.97 Å². The van der Waals surface area contributed by atoms with Crippen molar-refractivity contribution in [1.82, 2.24) is 14.4 Å². The zero-order valence-corrected chi connectivity index (χ0v) is 14.0. The van der Waals surface area contributed by atoms with Crippen LogP contribution in [0.2, 0.25) is 10.0 Å². The maximum absolute atomic E-state index is 6.16. The van der Waals surface area contributed by atoms with Crippen molar-refractivity contribution in [3.63, 3.8) is 0 Å². The van der Waals surface area contributed by atoms with Gasteiger partial charge in [-0.15, -0.1) is 0 Å². The Labute approximate surface area is 140 Å².